The summed E-state index contributed by atoms with van der Waals surface area (Å²) in [5.41, 5.74) is 7.44. The van der Waals surface area contributed by atoms with Crippen molar-refractivity contribution >= 4 is 61.2 Å². The fraction of sp³-hybridized carbons (Fsp3) is 0. The van der Waals surface area contributed by atoms with E-state index < -0.39 is 0 Å². The molecule has 0 aliphatic carbocycles. The van der Waals surface area contributed by atoms with Gasteiger partial charge in [-0.2, -0.15) is 4.98 Å². The van der Waals surface area contributed by atoms with Gasteiger partial charge in [-0.15, -0.1) is 0 Å². The fourth-order valence-electron chi connectivity index (χ4n) is 5.48. The zero-order chi connectivity index (χ0) is 25.8. The first-order chi connectivity index (χ1) is 19.3. The molecule has 4 heteroatoms. The van der Waals surface area contributed by atoms with E-state index >= 15 is 0 Å². The van der Waals surface area contributed by atoms with E-state index in [4.69, 9.17) is 13.8 Å². The van der Waals surface area contributed by atoms with Gasteiger partial charge in [-0.1, -0.05) is 97.1 Å². The average molecular weight is 503 g/mol. The zero-order valence-corrected chi connectivity index (χ0v) is 20.9. The minimum Gasteiger partial charge on any atom is -0.456 e. The van der Waals surface area contributed by atoms with Crippen molar-refractivity contribution in [2.75, 3.05) is 4.90 Å². The summed E-state index contributed by atoms with van der Waals surface area (Å²) in [5, 5.41) is 4.33. The maximum atomic E-state index is 6.51. The lowest BCUT2D eigenvalue weighted by molar-refractivity contribution is 0.608. The molecule has 0 fully saturated rings. The first kappa shape index (κ1) is 21.7. The second kappa shape index (κ2) is 8.61. The van der Waals surface area contributed by atoms with E-state index in [-0.39, 0.29) is 0 Å². The number of fused-ring (bicyclic) bond motifs is 6. The number of para-hydroxylation sites is 2. The molecule has 2 aromatic heterocycles. The van der Waals surface area contributed by atoms with Crippen molar-refractivity contribution in [3.05, 3.63) is 133 Å². The minimum absolute atomic E-state index is 0.511. The van der Waals surface area contributed by atoms with Crippen molar-refractivity contribution < 1.29 is 8.83 Å². The van der Waals surface area contributed by atoms with Crippen LogP contribution in [0.15, 0.2) is 142 Å². The molecule has 0 unspecified atom stereocenters. The molecular formula is C35H22N2O2. The molecule has 0 bridgehead atoms. The molecule has 0 amide bonds. The summed E-state index contributed by atoms with van der Waals surface area (Å²) in [6.45, 7) is 0. The van der Waals surface area contributed by atoms with Crippen molar-refractivity contribution in [1.82, 2.24) is 4.98 Å². The molecule has 8 aromatic rings. The van der Waals surface area contributed by atoms with Crippen LogP contribution in [0.2, 0.25) is 0 Å². The third-order valence-electron chi connectivity index (χ3n) is 7.31. The topological polar surface area (TPSA) is 42.4 Å². The lowest BCUT2D eigenvalue weighted by Gasteiger charge is -2.24. The lowest BCUT2D eigenvalue weighted by Crippen LogP contribution is -2.11. The van der Waals surface area contributed by atoms with Gasteiger partial charge < -0.3 is 8.83 Å². The molecule has 2 heterocycles. The molecule has 6 aromatic carbocycles. The van der Waals surface area contributed by atoms with Crippen LogP contribution < -0.4 is 4.90 Å². The highest BCUT2D eigenvalue weighted by Crippen LogP contribution is 2.43. The molecule has 0 aliphatic heterocycles. The van der Waals surface area contributed by atoms with Gasteiger partial charge in [0.1, 0.15) is 16.7 Å². The van der Waals surface area contributed by atoms with E-state index in [9.17, 15) is 0 Å². The van der Waals surface area contributed by atoms with E-state index in [1.165, 1.54) is 0 Å². The number of hydrogen-bond donors (Lipinski definition) is 0. The number of rotatable bonds is 4. The molecule has 0 N–H and O–H groups in total. The molecule has 39 heavy (non-hydrogen) atoms. The van der Waals surface area contributed by atoms with Crippen LogP contribution >= 0.6 is 0 Å². The largest absolute Gasteiger partial charge is 0.456 e. The van der Waals surface area contributed by atoms with Gasteiger partial charge in [-0.25, -0.2) is 0 Å². The van der Waals surface area contributed by atoms with Crippen LogP contribution in [-0.2, 0) is 0 Å². The van der Waals surface area contributed by atoms with Crippen molar-refractivity contribution in [1.29, 1.82) is 0 Å². The highest BCUT2D eigenvalue weighted by atomic mass is 16.4. The number of aromatic nitrogens is 1. The summed E-state index contributed by atoms with van der Waals surface area (Å²) in [6, 6.07) is 46.1. The summed E-state index contributed by atoms with van der Waals surface area (Å²) >= 11 is 0. The van der Waals surface area contributed by atoms with Crippen molar-refractivity contribution in [2.24, 2.45) is 0 Å². The molecule has 0 aliphatic rings. The van der Waals surface area contributed by atoms with Gasteiger partial charge in [0.05, 0.1) is 11.4 Å². The summed E-state index contributed by atoms with van der Waals surface area (Å²) in [4.78, 5) is 7.20. The molecular weight excluding hydrogens is 480 g/mol. The van der Waals surface area contributed by atoms with E-state index in [0.29, 0.717) is 6.01 Å². The van der Waals surface area contributed by atoms with Crippen LogP contribution in [0.3, 0.4) is 0 Å². The summed E-state index contributed by atoms with van der Waals surface area (Å²) in [5.74, 6) is 0. The number of nitrogens with zero attached hydrogens (tertiary/aromatic N) is 2. The molecule has 8 rings (SSSR count). The second-order valence-electron chi connectivity index (χ2n) is 9.63. The molecule has 4 nitrogen and oxygen atoms in total. The van der Waals surface area contributed by atoms with Crippen LogP contribution in [0.4, 0.5) is 17.4 Å². The maximum absolute atomic E-state index is 6.51. The SMILES string of the molecule is c1ccc(-c2ccccc2N(c2ccc3oc4ccccc4c3c2)c2nc3c(ccc4ccccc43)o2)cc1. The van der Waals surface area contributed by atoms with Crippen LogP contribution in [0.1, 0.15) is 0 Å². The Bertz CT molecular complexity index is 2130. The number of anilines is 3. The summed E-state index contributed by atoms with van der Waals surface area (Å²) in [6.07, 6.45) is 0. The fourth-order valence-corrected chi connectivity index (χ4v) is 5.48. The molecule has 0 radical (unpaired) electrons. The molecule has 0 atom stereocenters. The first-order valence-corrected chi connectivity index (χ1v) is 13.0. The predicted octanol–water partition coefficient (Wildman–Crippen LogP) is 10.0. The monoisotopic (exact) mass is 502 g/mol. The number of oxazole rings is 1. The second-order valence-corrected chi connectivity index (χ2v) is 9.63. The third-order valence-corrected chi connectivity index (χ3v) is 7.31. The van der Waals surface area contributed by atoms with Gasteiger partial charge in [-0.05, 0) is 47.3 Å². The van der Waals surface area contributed by atoms with Gasteiger partial charge in [-0.3, -0.25) is 4.90 Å². The van der Waals surface area contributed by atoms with Crippen molar-refractivity contribution in [2.45, 2.75) is 0 Å². The Morgan fingerprint density at radius 2 is 1.23 bits per heavy atom. The van der Waals surface area contributed by atoms with E-state index in [0.717, 1.165) is 66.3 Å². The van der Waals surface area contributed by atoms with Crippen LogP contribution in [0, 0.1) is 0 Å². The molecule has 0 saturated heterocycles. The van der Waals surface area contributed by atoms with Crippen LogP contribution in [0.5, 0.6) is 0 Å². The summed E-state index contributed by atoms with van der Waals surface area (Å²) in [7, 11) is 0. The van der Waals surface area contributed by atoms with Gasteiger partial charge >= 0.3 is 6.01 Å². The van der Waals surface area contributed by atoms with E-state index in [1.807, 2.05) is 48.5 Å². The van der Waals surface area contributed by atoms with E-state index in [2.05, 4.69) is 89.8 Å². The quantitative estimate of drug-likeness (QED) is 0.240. The Morgan fingerprint density at radius 3 is 2.15 bits per heavy atom. The number of benzene rings is 6. The number of furan rings is 1. The van der Waals surface area contributed by atoms with Crippen molar-refractivity contribution in [3.63, 3.8) is 0 Å². The first-order valence-electron chi connectivity index (χ1n) is 13.0. The minimum atomic E-state index is 0.511. The molecule has 184 valence electrons. The van der Waals surface area contributed by atoms with Crippen molar-refractivity contribution in [3.8, 4) is 11.1 Å². The molecule has 0 saturated carbocycles. The number of hydrogen-bond acceptors (Lipinski definition) is 4. The highest BCUT2D eigenvalue weighted by molar-refractivity contribution is 6.07. The Kier molecular flexibility index (Phi) is 4.79. The molecule has 0 spiro atoms. The van der Waals surface area contributed by atoms with Gasteiger partial charge in [0.2, 0.25) is 0 Å². The summed E-state index contributed by atoms with van der Waals surface area (Å²) < 4.78 is 12.6. The average Bonchev–Trinajstić information content (AvgIpc) is 3.60. The highest BCUT2D eigenvalue weighted by Gasteiger charge is 2.23. The van der Waals surface area contributed by atoms with Gasteiger partial charge in [0.15, 0.2) is 5.58 Å². The Balaban J connectivity index is 1.41. The van der Waals surface area contributed by atoms with Gasteiger partial charge in [0, 0.05) is 21.7 Å². The van der Waals surface area contributed by atoms with E-state index in [1.54, 1.807) is 0 Å². The zero-order valence-electron chi connectivity index (χ0n) is 20.9. The Morgan fingerprint density at radius 1 is 0.513 bits per heavy atom. The Hall–Kier alpha value is -5.35. The standard InChI is InChI=1S/C35H22N2O2/c1-2-10-23(11-3-1)26-13-6-8-16-30(26)37(25-19-21-32-29(22-25)28-15-7-9-17-31(28)38-32)35-36-34-27-14-5-4-12-24(27)18-20-33(34)39-35/h1-22H. The third kappa shape index (κ3) is 3.50. The predicted molar refractivity (Wildman–Crippen MR) is 159 cm³/mol. The lowest BCUT2D eigenvalue weighted by atomic mass is 10.0. The van der Waals surface area contributed by atoms with Crippen LogP contribution in [-0.4, -0.2) is 4.98 Å². The smallest absolute Gasteiger partial charge is 0.307 e. The Labute approximate surface area is 224 Å². The van der Waals surface area contributed by atoms with Crippen LogP contribution in [0.25, 0.3) is 54.9 Å². The van der Waals surface area contributed by atoms with Gasteiger partial charge in [0.25, 0.3) is 0 Å². The maximum Gasteiger partial charge on any atom is 0.307 e. The normalized spacial score (nSPS) is 11.6.